The molecule has 3 aliphatic heterocycles. The zero-order chi connectivity index (χ0) is 24.6. The molecule has 3 fully saturated rings. The van der Waals surface area contributed by atoms with E-state index < -0.39 is 0 Å². The summed E-state index contributed by atoms with van der Waals surface area (Å²) in [6.07, 6.45) is 7.30. The van der Waals surface area contributed by atoms with E-state index in [9.17, 15) is 0 Å². The average molecular weight is 504 g/mol. The zero-order valence-corrected chi connectivity index (χ0v) is 21.2. The van der Waals surface area contributed by atoms with Gasteiger partial charge in [0.25, 0.3) is 0 Å². The Morgan fingerprint density at radius 1 is 1.11 bits per heavy atom. The van der Waals surface area contributed by atoms with Crippen LogP contribution in [-0.4, -0.2) is 70.9 Å². The van der Waals surface area contributed by atoms with Gasteiger partial charge in [-0.1, -0.05) is 6.07 Å². The molecule has 0 aliphatic carbocycles. The van der Waals surface area contributed by atoms with Gasteiger partial charge in [-0.2, -0.15) is 9.97 Å². The van der Waals surface area contributed by atoms with Gasteiger partial charge < -0.3 is 18.6 Å². The fraction of sp³-hybridized carbons (Fsp3) is 0.400. The summed E-state index contributed by atoms with van der Waals surface area (Å²) in [5, 5.41) is 0. The van der Waals surface area contributed by atoms with Crippen LogP contribution in [0.15, 0.2) is 36.9 Å². The molecular formula is C25H26FN7O2Si. The fourth-order valence-corrected chi connectivity index (χ4v) is 6.39. The molecule has 0 amide bonds. The number of imidazole rings is 1. The summed E-state index contributed by atoms with van der Waals surface area (Å²) in [6, 6.07) is 5.33. The number of piperidine rings is 3. The van der Waals surface area contributed by atoms with E-state index in [-0.39, 0.29) is 18.4 Å². The van der Waals surface area contributed by atoms with Crippen molar-refractivity contribution in [1.29, 1.82) is 0 Å². The molecule has 2 bridgehead atoms. The predicted octanol–water partition coefficient (Wildman–Crippen LogP) is 3.30. The molecule has 3 aromatic heterocycles. The number of aryl methyl sites for hydroxylation is 1. The second-order valence-corrected chi connectivity index (χ2v) is 10.5. The van der Waals surface area contributed by atoms with Crippen molar-refractivity contribution < 1.29 is 13.6 Å². The molecule has 7 rings (SSSR count). The smallest absolute Gasteiger partial charge is 0.318 e. The largest absolute Gasteiger partial charge is 0.540 e. The van der Waals surface area contributed by atoms with Gasteiger partial charge in [0, 0.05) is 36.1 Å². The van der Waals surface area contributed by atoms with E-state index in [1.54, 1.807) is 18.5 Å². The van der Waals surface area contributed by atoms with Crippen LogP contribution in [0.4, 0.5) is 4.39 Å². The van der Waals surface area contributed by atoms with E-state index in [0.717, 1.165) is 12.5 Å². The van der Waals surface area contributed by atoms with E-state index in [4.69, 9.17) is 14.1 Å². The van der Waals surface area contributed by atoms with Gasteiger partial charge in [0.1, 0.15) is 29.2 Å². The number of fused-ring (bicyclic) bond motifs is 4. The molecule has 3 saturated heterocycles. The lowest BCUT2D eigenvalue weighted by atomic mass is 9.88. The molecule has 3 aliphatic rings. The first kappa shape index (κ1) is 23.0. The maximum atomic E-state index is 15.3. The minimum Gasteiger partial charge on any atom is -0.540 e. The molecule has 1 aromatic carbocycles. The lowest BCUT2D eigenvalue weighted by Crippen LogP contribution is -2.47. The molecular weight excluding hydrogens is 477 g/mol. The molecule has 1 atom stereocenters. The van der Waals surface area contributed by atoms with Crippen LogP contribution in [0.5, 0.6) is 11.8 Å². The van der Waals surface area contributed by atoms with Crippen molar-refractivity contribution in [2.45, 2.75) is 31.9 Å². The predicted molar refractivity (Wildman–Crippen MR) is 132 cm³/mol. The maximum absolute atomic E-state index is 15.3. The Morgan fingerprint density at radius 2 is 1.92 bits per heavy atom. The summed E-state index contributed by atoms with van der Waals surface area (Å²) in [5.41, 5.74) is 3.59. The number of hydrogen-bond acceptors (Lipinski definition) is 8. The maximum Gasteiger partial charge on any atom is 0.318 e. The first-order chi connectivity index (χ1) is 17.6. The van der Waals surface area contributed by atoms with Crippen LogP contribution in [0, 0.1) is 18.7 Å². The summed E-state index contributed by atoms with van der Waals surface area (Å²) in [7, 11) is 1.86. The number of ether oxygens (including phenoxy) is 1. The monoisotopic (exact) mass is 503 g/mol. The normalized spacial score (nSPS) is 21.1. The van der Waals surface area contributed by atoms with Gasteiger partial charge in [-0.25, -0.2) is 19.3 Å². The van der Waals surface area contributed by atoms with Gasteiger partial charge in [0.15, 0.2) is 5.65 Å². The molecule has 36 heavy (non-hydrogen) atoms. The van der Waals surface area contributed by atoms with Crippen molar-refractivity contribution in [3.63, 3.8) is 0 Å². The number of benzene rings is 1. The summed E-state index contributed by atoms with van der Waals surface area (Å²) >= 11 is 0. The number of rotatable bonds is 7. The SMILES string of the molecule is COc1nc(C)c2nc(-c3cncnc3)n(Cc3ccc(O[Si]C4CN5CCC4CC5)cc3F)c2n1. The zero-order valence-electron chi connectivity index (χ0n) is 20.2. The molecule has 9 nitrogen and oxygen atoms in total. The highest BCUT2D eigenvalue weighted by molar-refractivity contribution is 6.31. The summed E-state index contributed by atoms with van der Waals surface area (Å²) < 4.78 is 28.5. The summed E-state index contributed by atoms with van der Waals surface area (Å²) in [4.78, 5) is 24.4. The van der Waals surface area contributed by atoms with Gasteiger partial charge in [-0.15, -0.1) is 0 Å². The van der Waals surface area contributed by atoms with E-state index in [1.807, 2.05) is 17.6 Å². The van der Waals surface area contributed by atoms with Crippen molar-refractivity contribution in [2.24, 2.45) is 5.92 Å². The van der Waals surface area contributed by atoms with Crippen LogP contribution in [-0.2, 0) is 6.54 Å². The van der Waals surface area contributed by atoms with E-state index in [2.05, 4.69) is 24.8 Å². The highest BCUT2D eigenvalue weighted by atomic mass is 28.2. The number of aromatic nitrogens is 6. The number of halogens is 1. The van der Waals surface area contributed by atoms with E-state index >= 15 is 4.39 Å². The van der Waals surface area contributed by atoms with Crippen molar-refractivity contribution in [1.82, 2.24) is 34.4 Å². The van der Waals surface area contributed by atoms with Gasteiger partial charge in [-0.3, -0.25) is 0 Å². The third-order valence-electron chi connectivity index (χ3n) is 7.09. The number of hydrogen-bond donors (Lipinski definition) is 0. The van der Waals surface area contributed by atoms with Crippen LogP contribution in [0.25, 0.3) is 22.6 Å². The van der Waals surface area contributed by atoms with Gasteiger partial charge >= 0.3 is 15.8 Å². The lowest BCUT2D eigenvalue weighted by molar-refractivity contribution is 0.108. The van der Waals surface area contributed by atoms with Gasteiger partial charge in [-0.05, 0) is 44.8 Å². The molecule has 184 valence electrons. The highest BCUT2D eigenvalue weighted by Gasteiger charge is 2.35. The Balaban J connectivity index is 1.29. The van der Waals surface area contributed by atoms with Crippen molar-refractivity contribution in [2.75, 3.05) is 26.7 Å². The van der Waals surface area contributed by atoms with Crippen LogP contribution >= 0.6 is 0 Å². The number of methoxy groups -OCH3 is 1. The van der Waals surface area contributed by atoms with Crippen molar-refractivity contribution >= 4 is 20.9 Å². The van der Waals surface area contributed by atoms with E-state index in [1.165, 1.54) is 45.4 Å². The van der Waals surface area contributed by atoms with Crippen LogP contribution in [0.3, 0.4) is 0 Å². The molecule has 2 radical (unpaired) electrons. The molecule has 0 spiro atoms. The first-order valence-corrected chi connectivity index (χ1v) is 13.0. The Hall–Kier alpha value is -3.44. The standard InChI is InChI=1S/C25H26FN7O2Si/c1-15-22-24(31-25(29-15)34-2)33(23(30-22)18-10-27-14-28-11-18)12-17-3-4-19(9-20(17)26)35-36-21-13-32-7-5-16(21)6-8-32/h3-4,9-11,14,16,21H,5-8,12-13H2,1-2H3. The number of nitrogens with zero attached hydrogens (tertiary/aromatic N) is 7. The average Bonchev–Trinajstić information content (AvgIpc) is 3.28. The molecule has 0 saturated carbocycles. The highest BCUT2D eigenvalue weighted by Crippen LogP contribution is 2.36. The quantitative estimate of drug-likeness (QED) is 0.355. The van der Waals surface area contributed by atoms with Crippen molar-refractivity contribution in [3.8, 4) is 23.1 Å². The molecule has 0 N–H and O–H groups in total. The Kier molecular flexibility index (Phi) is 6.10. The van der Waals surface area contributed by atoms with Gasteiger partial charge in [0.05, 0.1) is 24.9 Å². The minimum absolute atomic E-state index is 0.217. The second kappa shape index (κ2) is 9.55. The third-order valence-corrected chi connectivity index (χ3v) is 8.40. The lowest BCUT2D eigenvalue weighted by Gasteiger charge is -2.43. The van der Waals surface area contributed by atoms with Crippen molar-refractivity contribution in [3.05, 3.63) is 54.0 Å². The second-order valence-electron chi connectivity index (χ2n) is 9.33. The van der Waals surface area contributed by atoms with Crippen LogP contribution in [0.2, 0.25) is 5.54 Å². The molecule has 4 aromatic rings. The van der Waals surface area contributed by atoms with Crippen LogP contribution < -0.4 is 9.16 Å². The van der Waals surface area contributed by atoms with Gasteiger partial charge in [0.2, 0.25) is 0 Å². The Morgan fingerprint density at radius 3 is 2.61 bits per heavy atom. The first-order valence-electron chi connectivity index (χ1n) is 12.1. The minimum atomic E-state index is -0.332. The Labute approximate surface area is 210 Å². The molecule has 1 unspecified atom stereocenters. The summed E-state index contributed by atoms with van der Waals surface area (Å²) in [5.74, 6) is 1.55. The molecule has 6 heterocycles. The fourth-order valence-electron chi connectivity index (χ4n) is 5.12. The van der Waals surface area contributed by atoms with Crippen LogP contribution in [0.1, 0.15) is 24.1 Å². The molecule has 11 heteroatoms. The third kappa shape index (κ3) is 4.33. The Bertz CT molecular complexity index is 1390. The summed E-state index contributed by atoms with van der Waals surface area (Å²) in [6.45, 7) is 5.55. The van der Waals surface area contributed by atoms with E-state index in [0.29, 0.717) is 54.9 Å². The topological polar surface area (TPSA) is 91.1 Å².